The first-order valence-corrected chi connectivity index (χ1v) is 42.5. The van der Waals surface area contributed by atoms with Crippen LogP contribution in [0.25, 0.3) is 0 Å². The van der Waals surface area contributed by atoms with Crippen LogP contribution in [0.2, 0.25) is 0 Å². The number of phosphoric acid groups is 2. The van der Waals surface area contributed by atoms with E-state index in [1.165, 1.54) is 212 Å². The maximum Gasteiger partial charge on any atom is 0.472 e. The van der Waals surface area contributed by atoms with Crippen molar-refractivity contribution < 1.29 is 80.2 Å². The molecule has 6 atom stereocenters. The highest BCUT2D eigenvalue weighted by atomic mass is 31.2. The van der Waals surface area contributed by atoms with Crippen molar-refractivity contribution in [1.82, 2.24) is 0 Å². The first kappa shape index (κ1) is 93.1. The number of carbonyl (C=O) groups is 4. The van der Waals surface area contributed by atoms with Gasteiger partial charge in [0.25, 0.3) is 0 Å². The van der Waals surface area contributed by atoms with E-state index in [0.717, 1.165) is 102 Å². The van der Waals surface area contributed by atoms with Crippen LogP contribution in [-0.4, -0.2) is 96.7 Å². The number of carbonyl (C=O) groups excluding carboxylic acids is 4. The average molecular weight is 1400 g/mol. The quantitative estimate of drug-likeness (QED) is 0.0222. The van der Waals surface area contributed by atoms with E-state index in [9.17, 15) is 43.2 Å². The summed E-state index contributed by atoms with van der Waals surface area (Å²) in [7, 11) is -9.91. The molecule has 0 saturated carbocycles. The molecule has 95 heavy (non-hydrogen) atoms. The van der Waals surface area contributed by atoms with Crippen molar-refractivity contribution in [2.24, 2.45) is 11.8 Å². The largest absolute Gasteiger partial charge is 0.472 e. The van der Waals surface area contributed by atoms with Gasteiger partial charge in [-0.15, -0.1) is 0 Å². The van der Waals surface area contributed by atoms with Crippen molar-refractivity contribution >= 4 is 39.5 Å². The molecular formula is C76H148O17P2. The Hall–Kier alpha value is -1.94. The molecule has 0 aromatic rings. The molecule has 0 rings (SSSR count). The van der Waals surface area contributed by atoms with Crippen molar-refractivity contribution in [2.75, 3.05) is 39.6 Å². The van der Waals surface area contributed by atoms with E-state index < -0.39 is 97.5 Å². The molecule has 564 valence electrons. The molecule has 0 radical (unpaired) electrons. The highest BCUT2D eigenvalue weighted by molar-refractivity contribution is 7.47. The van der Waals surface area contributed by atoms with Gasteiger partial charge in [-0.2, -0.15) is 0 Å². The fourth-order valence-electron chi connectivity index (χ4n) is 11.6. The van der Waals surface area contributed by atoms with E-state index >= 15 is 0 Å². The van der Waals surface area contributed by atoms with E-state index in [-0.39, 0.29) is 25.7 Å². The maximum atomic E-state index is 13.1. The van der Waals surface area contributed by atoms with Crippen LogP contribution in [0.4, 0.5) is 0 Å². The Bertz CT molecular complexity index is 1840. The lowest BCUT2D eigenvalue weighted by molar-refractivity contribution is -0.161. The van der Waals surface area contributed by atoms with Gasteiger partial charge in [0, 0.05) is 25.7 Å². The van der Waals surface area contributed by atoms with Crippen molar-refractivity contribution in [3.8, 4) is 0 Å². The summed E-state index contributed by atoms with van der Waals surface area (Å²) in [6, 6.07) is 0. The zero-order valence-corrected chi connectivity index (χ0v) is 63.8. The van der Waals surface area contributed by atoms with Crippen LogP contribution in [0.15, 0.2) is 0 Å². The lowest BCUT2D eigenvalue weighted by Gasteiger charge is -2.21. The zero-order valence-electron chi connectivity index (χ0n) is 62.0. The molecule has 0 aliphatic heterocycles. The van der Waals surface area contributed by atoms with Crippen molar-refractivity contribution in [3.05, 3.63) is 0 Å². The van der Waals surface area contributed by atoms with Crippen LogP contribution in [0, 0.1) is 11.8 Å². The smallest absolute Gasteiger partial charge is 0.462 e. The van der Waals surface area contributed by atoms with Crippen LogP contribution in [0.1, 0.15) is 395 Å². The summed E-state index contributed by atoms with van der Waals surface area (Å²) in [4.78, 5) is 72.8. The number of unbranched alkanes of at least 4 members (excludes halogenated alkanes) is 44. The third-order valence-electron chi connectivity index (χ3n) is 18.1. The molecule has 17 nitrogen and oxygen atoms in total. The van der Waals surface area contributed by atoms with Crippen LogP contribution in [-0.2, 0) is 65.4 Å². The standard InChI is InChI=1S/C76H148O17P2/c1-7-10-12-14-16-18-20-21-22-23-24-25-26-27-28-36-42-48-54-60-75(80)92-71(65-87-74(79)59-53-47-41-35-30-29-33-39-45-51-57-69(6)9-3)66-90-94(82,83)88-62-70(77)63-89-95(84,85)91-67-72(64-86-73(78)58-52-46-40-34-19-17-15-13-11-8-2)93-76(81)61-55-49-43-37-31-32-38-44-50-56-68(4)5/h68-72,77H,7-67H2,1-6H3,(H,82,83)(H,84,85)/t69?,70-,71-,72-/m1/s1. The Labute approximate surface area is 581 Å². The number of ether oxygens (including phenoxy) is 4. The fourth-order valence-corrected chi connectivity index (χ4v) is 13.2. The first-order chi connectivity index (χ1) is 45.9. The Morgan fingerprint density at radius 2 is 0.537 bits per heavy atom. The molecule has 19 heteroatoms. The molecule has 0 aliphatic carbocycles. The molecule has 3 unspecified atom stereocenters. The number of hydrogen-bond acceptors (Lipinski definition) is 15. The summed E-state index contributed by atoms with van der Waals surface area (Å²) >= 11 is 0. The highest BCUT2D eigenvalue weighted by Gasteiger charge is 2.30. The fraction of sp³-hybridized carbons (Fsp3) is 0.947. The first-order valence-electron chi connectivity index (χ1n) is 39.5. The Kier molecular flexibility index (Phi) is 66.5. The van der Waals surface area contributed by atoms with Crippen molar-refractivity contribution in [3.63, 3.8) is 0 Å². The van der Waals surface area contributed by atoms with Crippen LogP contribution >= 0.6 is 15.6 Å². The van der Waals surface area contributed by atoms with Crippen molar-refractivity contribution in [1.29, 1.82) is 0 Å². The molecule has 0 aliphatic rings. The van der Waals surface area contributed by atoms with Crippen LogP contribution in [0.5, 0.6) is 0 Å². The second-order valence-electron chi connectivity index (χ2n) is 28.1. The van der Waals surface area contributed by atoms with Gasteiger partial charge in [0.1, 0.15) is 19.3 Å². The summed E-state index contributed by atoms with van der Waals surface area (Å²) in [5, 5.41) is 10.6. The number of hydrogen-bond donors (Lipinski definition) is 3. The van der Waals surface area contributed by atoms with Gasteiger partial charge in [-0.3, -0.25) is 37.3 Å². The Balaban J connectivity index is 5.23. The number of phosphoric ester groups is 2. The molecule has 0 fully saturated rings. The van der Waals surface area contributed by atoms with E-state index in [4.69, 9.17) is 37.0 Å². The Morgan fingerprint density at radius 3 is 0.800 bits per heavy atom. The van der Waals surface area contributed by atoms with Crippen molar-refractivity contribution in [2.45, 2.75) is 413 Å². The third kappa shape index (κ3) is 69.0. The molecule has 0 spiro atoms. The molecule has 0 aromatic carbocycles. The van der Waals surface area contributed by atoms with Gasteiger partial charge >= 0.3 is 39.5 Å². The van der Waals surface area contributed by atoms with E-state index in [1.54, 1.807) is 0 Å². The molecule has 0 aromatic heterocycles. The van der Waals surface area contributed by atoms with Crippen LogP contribution in [0.3, 0.4) is 0 Å². The predicted molar refractivity (Wildman–Crippen MR) is 386 cm³/mol. The third-order valence-corrected chi connectivity index (χ3v) is 20.0. The highest BCUT2D eigenvalue weighted by Crippen LogP contribution is 2.45. The van der Waals surface area contributed by atoms with Gasteiger partial charge in [-0.05, 0) is 37.5 Å². The summed E-state index contributed by atoms with van der Waals surface area (Å²) < 4.78 is 68.5. The topological polar surface area (TPSA) is 237 Å². The van der Waals surface area contributed by atoms with Gasteiger partial charge < -0.3 is 33.8 Å². The number of aliphatic hydroxyl groups is 1. The Morgan fingerprint density at radius 1 is 0.305 bits per heavy atom. The summed E-state index contributed by atoms with van der Waals surface area (Å²) in [5.41, 5.74) is 0. The van der Waals surface area contributed by atoms with Gasteiger partial charge in [-0.25, -0.2) is 9.13 Å². The lowest BCUT2D eigenvalue weighted by Crippen LogP contribution is -2.30. The second kappa shape index (κ2) is 67.9. The van der Waals surface area contributed by atoms with Gasteiger partial charge in [-0.1, -0.05) is 343 Å². The molecule has 0 bridgehead atoms. The number of esters is 4. The van der Waals surface area contributed by atoms with E-state index in [2.05, 4.69) is 41.5 Å². The molecule has 3 N–H and O–H groups in total. The zero-order chi connectivity index (χ0) is 70.0. The number of rotatable bonds is 75. The second-order valence-corrected chi connectivity index (χ2v) is 31.0. The predicted octanol–water partition coefficient (Wildman–Crippen LogP) is 22.3. The minimum absolute atomic E-state index is 0.106. The SMILES string of the molecule is CCCCCCCCCCCCCCCCCCCCCC(=O)O[C@H](COC(=O)CCCCCCCCCCCCC(C)CC)COP(=O)(O)OC[C@@H](O)COP(=O)(O)OC[C@@H](COC(=O)CCCCCCCCCCCC)OC(=O)CCCCCCCCCCCC(C)C. The lowest BCUT2D eigenvalue weighted by atomic mass is 9.99. The monoisotopic (exact) mass is 1400 g/mol. The van der Waals surface area contributed by atoms with Gasteiger partial charge in [0.05, 0.1) is 26.4 Å². The minimum atomic E-state index is -4.96. The summed E-state index contributed by atoms with van der Waals surface area (Å²) in [6.45, 7) is 9.59. The van der Waals surface area contributed by atoms with E-state index in [0.29, 0.717) is 25.7 Å². The van der Waals surface area contributed by atoms with E-state index in [1.807, 2.05) is 0 Å². The summed E-state index contributed by atoms with van der Waals surface area (Å²) in [6.07, 6.45) is 55.4. The van der Waals surface area contributed by atoms with Gasteiger partial charge in [0.2, 0.25) is 0 Å². The summed E-state index contributed by atoms with van der Waals surface area (Å²) in [5.74, 6) is -0.570. The molecule has 0 heterocycles. The minimum Gasteiger partial charge on any atom is -0.462 e. The maximum absolute atomic E-state index is 13.1. The molecule has 0 amide bonds. The van der Waals surface area contributed by atoms with Crippen LogP contribution < -0.4 is 0 Å². The van der Waals surface area contributed by atoms with Gasteiger partial charge in [0.15, 0.2) is 12.2 Å². The average Bonchev–Trinajstić information content (AvgIpc) is 2.17. The molecular weight excluding hydrogens is 1250 g/mol. The normalized spacial score (nSPS) is 14.3. The number of aliphatic hydroxyl groups excluding tert-OH is 1. The molecule has 0 saturated heterocycles.